The van der Waals surface area contributed by atoms with Crippen LogP contribution in [0.2, 0.25) is 0 Å². The van der Waals surface area contributed by atoms with E-state index in [0.29, 0.717) is 11.3 Å². The number of aliphatic hydroxyl groups is 1. The van der Waals surface area contributed by atoms with E-state index in [4.69, 9.17) is 10.00 Å². The molecule has 5 heteroatoms. The normalized spacial score (nSPS) is 11.3. The Kier molecular flexibility index (Phi) is 5.52. The summed E-state index contributed by atoms with van der Waals surface area (Å²) in [6.45, 7) is -0.0208. The Morgan fingerprint density at radius 3 is 2.50 bits per heavy atom. The molecule has 2 N–H and O–H groups in total. The summed E-state index contributed by atoms with van der Waals surface area (Å²) in [6.07, 6.45) is -0.750. The number of rotatable bonds is 6. The van der Waals surface area contributed by atoms with Crippen LogP contribution < -0.4 is 10.1 Å². The molecule has 22 heavy (non-hydrogen) atoms. The van der Waals surface area contributed by atoms with Crippen LogP contribution in [-0.4, -0.2) is 24.2 Å². The van der Waals surface area contributed by atoms with Crippen LogP contribution >= 0.6 is 0 Å². The standard InChI is InChI=1S/C17H16N2O3/c18-10-13-6-8-15(9-7-13)22-12-17(21)19-11-16(20)14-4-2-1-3-5-14/h1-9,16,20H,11-12H2,(H,19,21). The van der Waals surface area contributed by atoms with Gasteiger partial charge in [-0.05, 0) is 29.8 Å². The fourth-order valence-electron chi connectivity index (χ4n) is 1.83. The molecule has 0 spiro atoms. The number of nitrogens with zero attached hydrogens (tertiary/aromatic N) is 1. The summed E-state index contributed by atoms with van der Waals surface area (Å²) in [5.41, 5.74) is 1.28. The third-order valence-electron chi connectivity index (χ3n) is 3.03. The first-order chi connectivity index (χ1) is 10.7. The first kappa shape index (κ1) is 15.5. The van der Waals surface area contributed by atoms with Gasteiger partial charge in [0.25, 0.3) is 5.91 Å². The molecule has 0 aliphatic carbocycles. The minimum atomic E-state index is -0.750. The van der Waals surface area contributed by atoms with E-state index in [2.05, 4.69) is 5.32 Å². The summed E-state index contributed by atoms with van der Waals surface area (Å²) in [7, 11) is 0. The van der Waals surface area contributed by atoms with Crippen LogP contribution in [0.25, 0.3) is 0 Å². The molecule has 0 bridgehead atoms. The number of carbonyl (C=O) groups is 1. The highest BCUT2D eigenvalue weighted by molar-refractivity contribution is 5.77. The lowest BCUT2D eigenvalue weighted by Crippen LogP contribution is -2.32. The van der Waals surface area contributed by atoms with Crippen molar-refractivity contribution in [2.45, 2.75) is 6.10 Å². The molecule has 5 nitrogen and oxygen atoms in total. The van der Waals surface area contributed by atoms with E-state index in [9.17, 15) is 9.90 Å². The molecule has 2 aromatic rings. The van der Waals surface area contributed by atoms with E-state index in [1.54, 1.807) is 36.4 Å². The van der Waals surface area contributed by atoms with Gasteiger partial charge in [-0.25, -0.2) is 0 Å². The Labute approximate surface area is 128 Å². The van der Waals surface area contributed by atoms with Gasteiger partial charge in [-0.3, -0.25) is 4.79 Å². The number of aliphatic hydroxyl groups excluding tert-OH is 1. The second kappa shape index (κ2) is 7.81. The molecular weight excluding hydrogens is 280 g/mol. The lowest BCUT2D eigenvalue weighted by Gasteiger charge is -2.12. The topological polar surface area (TPSA) is 82.3 Å². The number of hydrogen-bond acceptors (Lipinski definition) is 4. The molecule has 0 aromatic heterocycles. The molecule has 0 aliphatic heterocycles. The van der Waals surface area contributed by atoms with Gasteiger partial charge in [0.2, 0.25) is 0 Å². The number of carbonyl (C=O) groups excluding carboxylic acids is 1. The molecule has 0 saturated carbocycles. The molecular formula is C17H16N2O3. The minimum Gasteiger partial charge on any atom is -0.484 e. The average molecular weight is 296 g/mol. The average Bonchev–Trinajstić information content (AvgIpc) is 2.59. The summed E-state index contributed by atoms with van der Waals surface area (Å²) >= 11 is 0. The van der Waals surface area contributed by atoms with Crippen LogP contribution in [0.5, 0.6) is 5.75 Å². The van der Waals surface area contributed by atoms with Crippen molar-refractivity contribution in [1.29, 1.82) is 5.26 Å². The van der Waals surface area contributed by atoms with Gasteiger partial charge in [0.1, 0.15) is 5.75 Å². The van der Waals surface area contributed by atoms with E-state index < -0.39 is 6.10 Å². The Bertz CT molecular complexity index is 648. The lowest BCUT2D eigenvalue weighted by atomic mass is 10.1. The number of nitriles is 1. The molecule has 0 heterocycles. The maximum atomic E-state index is 11.7. The predicted octanol–water partition coefficient (Wildman–Crippen LogP) is 1.79. The van der Waals surface area contributed by atoms with Gasteiger partial charge in [-0.15, -0.1) is 0 Å². The molecule has 2 rings (SSSR count). The van der Waals surface area contributed by atoms with Gasteiger partial charge >= 0.3 is 0 Å². The summed E-state index contributed by atoms with van der Waals surface area (Å²) in [6, 6.07) is 17.6. The monoisotopic (exact) mass is 296 g/mol. The maximum absolute atomic E-state index is 11.7. The van der Waals surface area contributed by atoms with Crippen molar-refractivity contribution >= 4 is 5.91 Å². The van der Waals surface area contributed by atoms with Gasteiger partial charge in [0.15, 0.2) is 6.61 Å². The van der Waals surface area contributed by atoms with Crippen molar-refractivity contribution in [1.82, 2.24) is 5.32 Å². The van der Waals surface area contributed by atoms with Crippen molar-refractivity contribution in [3.63, 3.8) is 0 Å². The number of benzene rings is 2. The Morgan fingerprint density at radius 2 is 1.86 bits per heavy atom. The van der Waals surface area contributed by atoms with Gasteiger partial charge in [-0.1, -0.05) is 30.3 Å². The highest BCUT2D eigenvalue weighted by Crippen LogP contribution is 2.12. The zero-order chi connectivity index (χ0) is 15.8. The fraction of sp³-hybridized carbons (Fsp3) is 0.176. The van der Waals surface area contributed by atoms with Crippen molar-refractivity contribution in [3.8, 4) is 11.8 Å². The Balaban J connectivity index is 1.75. The smallest absolute Gasteiger partial charge is 0.258 e. The third-order valence-corrected chi connectivity index (χ3v) is 3.03. The van der Waals surface area contributed by atoms with E-state index >= 15 is 0 Å². The minimum absolute atomic E-state index is 0.125. The molecule has 1 atom stereocenters. The Hall–Kier alpha value is -2.84. The van der Waals surface area contributed by atoms with Crippen LogP contribution in [-0.2, 0) is 4.79 Å². The van der Waals surface area contributed by atoms with E-state index in [1.165, 1.54) is 0 Å². The Morgan fingerprint density at radius 1 is 1.18 bits per heavy atom. The largest absolute Gasteiger partial charge is 0.484 e. The molecule has 0 radical (unpaired) electrons. The fourth-order valence-corrected chi connectivity index (χ4v) is 1.83. The van der Waals surface area contributed by atoms with Gasteiger partial charge < -0.3 is 15.2 Å². The molecule has 0 fully saturated rings. The molecule has 0 aliphatic rings. The number of amides is 1. The first-order valence-electron chi connectivity index (χ1n) is 6.81. The number of nitrogens with one attached hydrogen (secondary N) is 1. The predicted molar refractivity (Wildman–Crippen MR) is 81.1 cm³/mol. The second-order valence-electron chi connectivity index (χ2n) is 4.66. The van der Waals surface area contributed by atoms with Crippen LogP contribution in [0, 0.1) is 11.3 Å². The SMILES string of the molecule is N#Cc1ccc(OCC(=O)NCC(O)c2ccccc2)cc1. The van der Waals surface area contributed by atoms with E-state index in [1.807, 2.05) is 24.3 Å². The number of ether oxygens (including phenoxy) is 1. The number of hydrogen-bond donors (Lipinski definition) is 2. The van der Waals surface area contributed by atoms with E-state index in [-0.39, 0.29) is 19.1 Å². The van der Waals surface area contributed by atoms with Crippen molar-refractivity contribution < 1.29 is 14.6 Å². The molecule has 1 unspecified atom stereocenters. The second-order valence-corrected chi connectivity index (χ2v) is 4.66. The van der Waals surface area contributed by atoms with Crippen molar-refractivity contribution in [2.24, 2.45) is 0 Å². The van der Waals surface area contributed by atoms with Crippen LogP contribution in [0.1, 0.15) is 17.2 Å². The highest BCUT2D eigenvalue weighted by Gasteiger charge is 2.09. The zero-order valence-electron chi connectivity index (χ0n) is 11.9. The van der Waals surface area contributed by atoms with Crippen LogP contribution in [0.4, 0.5) is 0 Å². The van der Waals surface area contributed by atoms with Gasteiger partial charge in [-0.2, -0.15) is 5.26 Å². The van der Waals surface area contributed by atoms with E-state index in [0.717, 1.165) is 5.56 Å². The third kappa shape index (κ3) is 4.62. The summed E-state index contributed by atoms with van der Waals surface area (Å²) < 4.78 is 5.30. The zero-order valence-corrected chi connectivity index (χ0v) is 11.9. The maximum Gasteiger partial charge on any atom is 0.258 e. The molecule has 1 amide bonds. The van der Waals surface area contributed by atoms with Crippen molar-refractivity contribution in [3.05, 3.63) is 65.7 Å². The van der Waals surface area contributed by atoms with Gasteiger partial charge in [0.05, 0.1) is 17.7 Å². The summed E-state index contributed by atoms with van der Waals surface area (Å²) in [4.78, 5) is 11.7. The summed E-state index contributed by atoms with van der Waals surface area (Å²) in [5, 5.41) is 21.2. The first-order valence-corrected chi connectivity index (χ1v) is 6.81. The molecule has 0 saturated heterocycles. The van der Waals surface area contributed by atoms with Crippen molar-refractivity contribution in [2.75, 3.05) is 13.2 Å². The van der Waals surface area contributed by atoms with Gasteiger partial charge in [0, 0.05) is 6.54 Å². The summed E-state index contributed by atoms with van der Waals surface area (Å²) in [5.74, 6) is 0.192. The quantitative estimate of drug-likeness (QED) is 0.851. The van der Waals surface area contributed by atoms with Crippen LogP contribution in [0.3, 0.4) is 0 Å². The molecule has 2 aromatic carbocycles. The molecule has 112 valence electrons. The van der Waals surface area contributed by atoms with Crippen LogP contribution in [0.15, 0.2) is 54.6 Å². The highest BCUT2D eigenvalue weighted by atomic mass is 16.5. The lowest BCUT2D eigenvalue weighted by molar-refractivity contribution is -0.123.